The second-order valence-electron chi connectivity index (χ2n) is 6.90. The van der Waals surface area contributed by atoms with Crippen molar-refractivity contribution in [2.24, 2.45) is 0 Å². The summed E-state index contributed by atoms with van der Waals surface area (Å²) in [4.78, 5) is 27.4. The molecule has 152 valence electrons. The van der Waals surface area contributed by atoms with Crippen molar-refractivity contribution in [1.82, 2.24) is 4.90 Å². The van der Waals surface area contributed by atoms with E-state index in [0.717, 1.165) is 29.9 Å². The van der Waals surface area contributed by atoms with Crippen LogP contribution in [0.3, 0.4) is 0 Å². The molecule has 2 amide bonds. The van der Waals surface area contributed by atoms with Crippen LogP contribution < -0.4 is 4.90 Å². The lowest BCUT2D eigenvalue weighted by molar-refractivity contribution is -0.139. The van der Waals surface area contributed by atoms with Gasteiger partial charge in [0.05, 0.1) is 10.7 Å². The van der Waals surface area contributed by atoms with Crippen molar-refractivity contribution in [2.75, 3.05) is 4.90 Å². The summed E-state index contributed by atoms with van der Waals surface area (Å²) in [5.74, 6) is -1.72. The van der Waals surface area contributed by atoms with Crippen LogP contribution in [-0.2, 0) is 19.7 Å². The second-order valence-corrected chi connectivity index (χ2v) is 8.70. The summed E-state index contributed by atoms with van der Waals surface area (Å²) in [6.45, 7) is 0. The van der Waals surface area contributed by atoms with Gasteiger partial charge < -0.3 is 4.90 Å². The first-order valence-electron chi connectivity index (χ1n) is 8.90. The highest BCUT2D eigenvalue weighted by molar-refractivity contribution is 7.86. The smallest absolute Gasteiger partial charge is 0.296 e. The van der Waals surface area contributed by atoms with Crippen molar-refractivity contribution >= 4 is 39.2 Å². The molecule has 29 heavy (non-hydrogen) atoms. The van der Waals surface area contributed by atoms with Crippen LogP contribution in [0.15, 0.2) is 52.6 Å². The Kier molecular flexibility index (Phi) is 4.84. The van der Waals surface area contributed by atoms with Crippen LogP contribution in [0.5, 0.6) is 0 Å². The number of hydrogen-bond acceptors (Lipinski definition) is 5. The average Bonchev–Trinajstić information content (AvgIpc) is 2.92. The van der Waals surface area contributed by atoms with Gasteiger partial charge in [-0.3, -0.25) is 14.1 Å². The summed E-state index contributed by atoms with van der Waals surface area (Å²) in [5.41, 5.74) is 0.719. The zero-order valence-electron chi connectivity index (χ0n) is 15.0. The van der Waals surface area contributed by atoms with E-state index >= 15 is 0 Å². The summed E-state index contributed by atoms with van der Waals surface area (Å²) < 4.78 is 47.2. The molecule has 1 aromatic rings. The lowest BCUT2D eigenvalue weighted by Crippen LogP contribution is -2.50. The van der Waals surface area contributed by atoms with Crippen molar-refractivity contribution in [1.29, 1.82) is 0 Å². The molecular weight excluding hydrogens is 423 g/mol. The first kappa shape index (κ1) is 19.8. The van der Waals surface area contributed by atoms with Crippen LogP contribution in [-0.4, -0.2) is 35.9 Å². The molecule has 0 bridgehead atoms. The molecule has 2 aliphatic heterocycles. The molecule has 4 rings (SSSR count). The molecule has 1 aliphatic carbocycles. The number of carbonyl (C=O) groups excluding carboxylic acids is 2. The zero-order valence-corrected chi connectivity index (χ0v) is 16.6. The van der Waals surface area contributed by atoms with Crippen LogP contribution in [0.4, 0.5) is 10.1 Å². The molecule has 0 fully saturated rings. The molecule has 1 N–H and O–H groups in total. The van der Waals surface area contributed by atoms with Crippen LogP contribution in [0.2, 0.25) is 5.02 Å². The quantitative estimate of drug-likeness (QED) is 0.575. The number of amides is 2. The van der Waals surface area contributed by atoms with Gasteiger partial charge in [0, 0.05) is 17.3 Å². The van der Waals surface area contributed by atoms with Gasteiger partial charge >= 0.3 is 0 Å². The molecule has 0 aromatic heterocycles. The van der Waals surface area contributed by atoms with Crippen molar-refractivity contribution in [3.05, 3.63) is 58.5 Å². The highest BCUT2D eigenvalue weighted by Crippen LogP contribution is 2.38. The van der Waals surface area contributed by atoms with E-state index in [-0.39, 0.29) is 5.69 Å². The Morgan fingerprint density at radius 1 is 1.07 bits per heavy atom. The summed E-state index contributed by atoms with van der Waals surface area (Å²) in [6.07, 6.45) is 7.80. The molecule has 0 saturated heterocycles. The average molecular weight is 439 g/mol. The maximum atomic E-state index is 14.7. The molecule has 2 heterocycles. The first-order valence-corrected chi connectivity index (χ1v) is 10.7. The predicted molar refractivity (Wildman–Crippen MR) is 103 cm³/mol. The maximum Gasteiger partial charge on any atom is 0.296 e. The van der Waals surface area contributed by atoms with Gasteiger partial charge in [-0.25, -0.2) is 9.29 Å². The van der Waals surface area contributed by atoms with E-state index in [1.807, 2.05) is 0 Å². The Morgan fingerprint density at radius 3 is 2.28 bits per heavy atom. The largest absolute Gasteiger partial charge is 0.320 e. The van der Waals surface area contributed by atoms with Gasteiger partial charge in [-0.05, 0) is 50.0 Å². The van der Waals surface area contributed by atoms with Gasteiger partial charge in [-0.15, -0.1) is 0 Å². The van der Waals surface area contributed by atoms with Gasteiger partial charge in [0.25, 0.3) is 21.9 Å². The summed E-state index contributed by atoms with van der Waals surface area (Å²) >= 11 is 5.76. The molecule has 0 radical (unpaired) electrons. The number of allylic oxidation sites excluding steroid dienone is 2. The lowest BCUT2D eigenvalue weighted by atomic mass is 9.93. The van der Waals surface area contributed by atoms with E-state index in [2.05, 4.69) is 0 Å². The van der Waals surface area contributed by atoms with Crippen molar-refractivity contribution in [3.8, 4) is 0 Å². The Hall–Kier alpha value is -2.49. The van der Waals surface area contributed by atoms with E-state index in [4.69, 9.17) is 11.6 Å². The Balaban J connectivity index is 1.78. The van der Waals surface area contributed by atoms with Crippen LogP contribution >= 0.6 is 11.6 Å². The molecule has 3 aliphatic rings. The van der Waals surface area contributed by atoms with Crippen LogP contribution in [0.25, 0.3) is 0 Å². The first-order chi connectivity index (χ1) is 13.7. The van der Waals surface area contributed by atoms with Gasteiger partial charge in [0.1, 0.15) is 16.9 Å². The van der Waals surface area contributed by atoms with E-state index < -0.39 is 43.8 Å². The third-order valence-electron chi connectivity index (χ3n) is 5.17. The fraction of sp³-hybridized carbons (Fsp3) is 0.263. The second kappa shape index (κ2) is 7.08. The molecule has 0 spiro atoms. The van der Waals surface area contributed by atoms with Gasteiger partial charge in [0.2, 0.25) is 0 Å². The number of imide groups is 1. The van der Waals surface area contributed by atoms with E-state index in [1.54, 1.807) is 12.2 Å². The Bertz CT molecular complexity index is 1100. The summed E-state index contributed by atoms with van der Waals surface area (Å²) in [5, 5.41) is -0.479. The number of hydrogen-bond donors (Lipinski definition) is 1. The lowest BCUT2D eigenvalue weighted by Gasteiger charge is -2.36. The van der Waals surface area contributed by atoms with E-state index in [0.29, 0.717) is 24.0 Å². The fourth-order valence-corrected chi connectivity index (χ4v) is 4.84. The third kappa shape index (κ3) is 3.29. The van der Waals surface area contributed by atoms with Crippen LogP contribution in [0, 0.1) is 5.82 Å². The normalized spacial score (nSPS) is 22.0. The minimum Gasteiger partial charge on any atom is -0.320 e. The number of benzene rings is 1. The standard InChI is InChI=1S/C19H16ClFN2O5S/c20-13-9-14(21)15(10-16(13)29(26,27)28)22-8-4-3-7-17(22)23-18(24)11-5-1-2-6-12(11)19(23)25/h3-4,7-10,17H,1-2,5-6H2,(H,26,27,28). The van der Waals surface area contributed by atoms with Gasteiger partial charge in [-0.1, -0.05) is 17.7 Å². The Labute approximate surface area is 171 Å². The van der Waals surface area contributed by atoms with E-state index in [9.17, 15) is 27.0 Å². The maximum absolute atomic E-state index is 14.7. The van der Waals surface area contributed by atoms with Crippen molar-refractivity contribution in [2.45, 2.75) is 36.7 Å². The number of nitrogens with zero attached hydrogens (tertiary/aromatic N) is 2. The number of halogens is 2. The molecule has 1 aromatic carbocycles. The molecular formula is C19H16ClFN2O5S. The van der Waals surface area contributed by atoms with E-state index in [1.165, 1.54) is 17.2 Å². The zero-order chi connectivity index (χ0) is 20.9. The number of anilines is 1. The molecule has 10 heteroatoms. The minimum atomic E-state index is -4.71. The van der Waals surface area contributed by atoms with Crippen LogP contribution in [0.1, 0.15) is 25.7 Å². The minimum absolute atomic E-state index is 0.252. The van der Waals surface area contributed by atoms with Gasteiger partial charge in [-0.2, -0.15) is 8.42 Å². The fourth-order valence-electron chi connectivity index (χ4n) is 3.83. The Morgan fingerprint density at radius 2 is 1.69 bits per heavy atom. The summed E-state index contributed by atoms with van der Waals surface area (Å²) in [6, 6.07) is 1.64. The SMILES string of the molecule is O=C1C2=C(CCCC2)C(=O)N1C1C=CC=CN1c1cc(S(=O)(=O)O)c(Cl)cc1F. The number of carbonyl (C=O) groups is 2. The molecule has 1 unspecified atom stereocenters. The molecule has 7 nitrogen and oxygen atoms in total. The molecule has 0 saturated carbocycles. The molecule has 1 atom stereocenters. The highest BCUT2D eigenvalue weighted by Gasteiger charge is 2.44. The van der Waals surface area contributed by atoms with Crippen molar-refractivity contribution in [3.63, 3.8) is 0 Å². The van der Waals surface area contributed by atoms with Gasteiger partial charge in [0.15, 0.2) is 0 Å². The predicted octanol–water partition coefficient (Wildman–Crippen LogP) is 3.18. The third-order valence-corrected chi connectivity index (χ3v) is 6.49. The topological polar surface area (TPSA) is 95.0 Å². The number of rotatable bonds is 3. The summed E-state index contributed by atoms with van der Waals surface area (Å²) in [7, 11) is -4.71. The van der Waals surface area contributed by atoms with Crippen molar-refractivity contribution < 1.29 is 27.0 Å². The highest BCUT2D eigenvalue weighted by atomic mass is 35.5. The monoisotopic (exact) mass is 438 g/mol.